The molecule has 3 aromatic rings. The first-order valence-electron chi connectivity index (χ1n) is 7.02. The minimum absolute atomic E-state index is 1.01. The molecule has 110 valence electrons. The van der Waals surface area contributed by atoms with Crippen molar-refractivity contribution in [1.82, 2.24) is 8.96 Å². The van der Waals surface area contributed by atoms with E-state index in [1.165, 1.54) is 21.4 Å². The van der Waals surface area contributed by atoms with Crippen molar-refractivity contribution >= 4 is 38.9 Å². The molecule has 0 aliphatic heterocycles. The van der Waals surface area contributed by atoms with E-state index in [4.69, 9.17) is 0 Å². The van der Waals surface area contributed by atoms with E-state index in [9.17, 15) is 0 Å². The number of nitrogens with zero attached hydrogens (tertiary/aromatic N) is 2. The fourth-order valence-electron chi connectivity index (χ4n) is 1.99. The Kier molecular flexibility index (Phi) is 5.48. The lowest BCUT2D eigenvalue weighted by molar-refractivity contribution is 1.23. The molecule has 0 saturated heterocycles. The van der Waals surface area contributed by atoms with Crippen molar-refractivity contribution < 1.29 is 0 Å². The molecule has 0 spiro atoms. The van der Waals surface area contributed by atoms with Crippen LogP contribution >= 0.6 is 27.9 Å². The number of benzene rings is 1. The molecule has 0 bridgehead atoms. The van der Waals surface area contributed by atoms with Crippen LogP contribution in [0.1, 0.15) is 25.0 Å². The summed E-state index contributed by atoms with van der Waals surface area (Å²) < 4.78 is 3.14. The van der Waals surface area contributed by atoms with E-state index in [1.54, 1.807) is 11.9 Å². The minimum atomic E-state index is 1.01. The summed E-state index contributed by atoms with van der Waals surface area (Å²) >= 11 is 5.16. The van der Waals surface area contributed by atoms with E-state index in [0.717, 1.165) is 10.1 Å². The summed E-state index contributed by atoms with van der Waals surface area (Å²) in [5.41, 5.74) is 3.52. The molecule has 0 fully saturated rings. The number of fused-ring (bicyclic) bond motifs is 1. The quantitative estimate of drug-likeness (QED) is 0.556. The van der Waals surface area contributed by atoms with Gasteiger partial charge in [-0.05, 0) is 65.5 Å². The Bertz CT molecular complexity index is 732. The molecule has 21 heavy (non-hydrogen) atoms. The van der Waals surface area contributed by atoms with Crippen LogP contribution < -0.4 is 0 Å². The summed E-state index contributed by atoms with van der Waals surface area (Å²) in [5, 5.41) is 1.19. The maximum atomic E-state index is 4.51. The normalized spacial score (nSPS) is 10.3. The molecule has 3 rings (SSSR count). The SMILES string of the molecule is CC.Cc1ccc(Sn2cc(C)c3cc(Br)cnc32)cc1. The number of rotatable bonds is 2. The van der Waals surface area contributed by atoms with E-state index in [1.807, 2.05) is 20.0 Å². The van der Waals surface area contributed by atoms with Crippen LogP contribution in [-0.4, -0.2) is 8.96 Å². The third kappa shape index (κ3) is 3.69. The van der Waals surface area contributed by atoms with Gasteiger partial charge in [0.1, 0.15) is 0 Å². The van der Waals surface area contributed by atoms with Gasteiger partial charge in [0.2, 0.25) is 0 Å². The molecule has 0 atom stereocenters. The lowest BCUT2D eigenvalue weighted by atomic mass is 10.2. The van der Waals surface area contributed by atoms with Gasteiger partial charge in [-0.2, -0.15) is 0 Å². The van der Waals surface area contributed by atoms with E-state index < -0.39 is 0 Å². The van der Waals surface area contributed by atoms with Crippen LogP contribution in [0.15, 0.2) is 52.1 Å². The molecule has 2 aromatic heterocycles. The maximum absolute atomic E-state index is 4.51. The van der Waals surface area contributed by atoms with Gasteiger partial charge in [-0.1, -0.05) is 31.5 Å². The van der Waals surface area contributed by atoms with Crippen LogP contribution in [0.5, 0.6) is 0 Å². The van der Waals surface area contributed by atoms with Crippen molar-refractivity contribution in [3.05, 3.63) is 58.3 Å². The van der Waals surface area contributed by atoms with Gasteiger partial charge in [0, 0.05) is 27.1 Å². The summed E-state index contributed by atoms with van der Waals surface area (Å²) in [6, 6.07) is 10.7. The predicted octanol–water partition coefficient (Wildman–Crippen LogP) is 6.00. The number of halogens is 1. The van der Waals surface area contributed by atoms with Gasteiger partial charge in [0.15, 0.2) is 5.65 Å². The third-order valence-corrected chi connectivity index (χ3v) is 4.39. The van der Waals surface area contributed by atoms with Gasteiger partial charge < -0.3 is 0 Å². The summed E-state index contributed by atoms with van der Waals surface area (Å²) in [6.45, 7) is 8.21. The number of aryl methyl sites for hydroxylation is 2. The summed E-state index contributed by atoms with van der Waals surface area (Å²) in [4.78, 5) is 5.73. The highest BCUT2D eigenvalue weighted by Crippen LogP contribution is 2.29. The number of aromatic nitrogens is 2. The zero-order valence-corrected chi connectivity index (χ0v) is 15.1. The number of hydrogen-bond donors (Lipinski definition) is 0. The Morgan fingerprint density at radius 1 is 1.10 bits per heavy atom. The second-order valence-corrected chi connectivity index (χ2v) is 6.53. The minimum Gasteiger partial charge on any atom is -0.270 e. The average molecular weight is 363 g/mol. The lowest BCUT2D eigenvalue weighted by Crippen LogP contribution is -1.87. The zero-order chi connectivity index (χ0) is 15.4. The van der Waals surface area contributed by atoms with Crippen LogP contribution in [0.3, 0.4) is 0 Å². The van der Waals surface area contributed by atoms with Crippen LogP contribution in [0.2, 0.25) is 0 Å². The molecule has 2 nitrogen and oxygen atoms in total. The van der Waals surface area contributed by atoms with Crippen molar-refractivity contribution in [1.29, 1.82) is 0 Å². The van der Waals surface area contributed by atoms with Gasteiger partial charge in [0.25, 0.3) is 0 Å². The first-order chi connectivity index (χ1) is 10.1. The molecule has 0 N–H and O–H groups in total. The first kappa shape index (κ1) is 16.1. The summed E-state index contributed by atoms with van der Waals surface area (Å²) in [6.07, 6.45) is 3.97. The fraction of sp³-hybridized carbons (Fsp3) is 0.235. The predicted molar refractivity (Wildman–Crippen MR) is 96.0 cm³/mol. The van der Waals surface area contributed by atoms with Gasteiger partial charge in [-0.25, -0.2) is 4.98 Å². The topological polar surface area (TPSA) is 17.8 Å². The molecule has 0 amide bonds. The van der Waals surface area contributed by atoms with Gasteiger partial charge >= 0.3 is 0 Å². The second kappa shape index (κ2) is 7.14. The highest BCUT2D eigenvalue weighted by atomic mass is 79.9. The fourth-order valence-corrected chi connectivity index (χ4v) is 3.25. The van der Waals surface area contributed by atoms with Gasteiger partial charge in [0.05, 0.1) is 0 Å². The Morgan fingerprint density at radius 3 is 2.43 bits per heavy atom. The van der Waals surface area contributed by atoms with Crippen LogP contribution in [0, 0.1) is 13.8 Å². The van der Waals surface area contributed by atoms with Crippen molar-refractivity contribution in [2.45, 2.75) is 32.6 Å². The van der Waals surface area contributed by atoms with Crippen LogP contribution in [0.4, 0.5) is 0 Å². The third-order valence-electron chi connectivity index (χ3n) is 3.00. The summed E-state index contributed by atoms with van der Waals surface area (Å²) in [5.74, 6) is 0. The highest BCUT2D eigenvalue weighted by molar-refractivity contribution is 9.10. The van der Waals surface area contributed by atoms with Gasteiger partial charge in [-0.15, -0.1) is 0 Å². The van der Waals surface area contributed by atoms with Crippen molar-refractivity contribution in [3.8, 4) is 0 Å². The standard InChI is InChI=1S/C15H13BrN2S.C2H6/c1-10-3-5-13(6-4-10)19-18-9-11(2)14-7-12(16)8-17-15(14)18;1-2/h3-9H,1-2H3;1-2H3. The molecule has 0 unspecified atom stereocenters. The summed E-state index contributed by atoms with van der Waals surface area (Å²) in [7, 11) is 0. The molecular formula is C17H19BrN2S. The van der Waals surface area contributed by atoms with E-state index >= 15 is 0 Å². The number of hydrogen-bond acceptors (Lipinski definition) is 2. The monoisotopic (exact) mass is 362 g/mol. The molecule has 0 aliphatic carbocycles. The maximum Gasteiger partial charge on any atom is 0.150 e. The highest BCUT2D eigenvalue weighted by Gasteiger charge is 2.08. The lowest BCUT2D eigenvalue weighted by Gasteiger charge is -2.04. The Morgan fingerprint density at radius 2 is 1.76 bits per heavy atom. The molecule has 1 aromatic carbocycles. The second-order valence-electron chi connectivity index (χ2n) is 4.57. The van der Waals surface area contributed by atoms with Crippen molar-refractivity contribution in [2.24, 2.45) is 0 Å². The average Bonchev–Trinajstić information content (AvgIpc) is 2.79. The molecule has 0 radical (unpaired) electrons. The number of pyridine rings is 1. The Labute approximate surface area is 138 Å². The smallest absolute Gasteiger partial charge is 0.150 e. The molecule has 2 heterocycles. The van der Waals surface area contributed by atoms with E-state index in [2.05, 4.69) is 75.3 Å². The molecule has 0 aliphatic rings. The van der Waals surface area contributed by atoms with Crippen molar-refractivity contribution in [2.75, 3.05) is 0 Å². The molecule has 4 heteroatoms. The van der Waals surface area contributed by atoms with Crippen LogP contribution in [0.25, 0.3) is 11.0 Å². The largest absolute Gasteiger partial charge is 0.270 e. The van der Waals surface area contributed by atoms with E-state index in [-0.39, 0.29) is 0 Å². The van der Waals surface area contributed by atoms with E-state index in [0.29, 0.717) is 0 Å². The molecule has 0 saturated carbocycles. The Balaban J connectivity index is 0.000000774. The zero-order valence-electron chi connectivity index (χ0n) is 12.7. The Hall–Kier alpha value is -1.26. The van der Waals surface area contributed by atoms with Gasteiger partial charge in [-0.3, -0.25) is 3.97 Å². The molecular weight excluding hydrogens is 344 g/mol. The van der Waals surface area contributed by atoms with Crippen molar-refractivity contribution in [3.63, 3.8) is 0 Å². The van der Waals surface area contributed by atoms with Crippen LogP contribution in [-0.2, 0) is 0 Å². The first-order valence-corrected chi connectivity index (χ1v) is 8.58.